The third kappa shape index (κ3) is 17.5. The van der Waals surface area contributed by atoms with Crippen LogP contribution in [-0.2, 0) is 58.3 Å². The summed E-state index contributed by atoms with van der Waals surface area (Å²) in [5.74, 6) is -10.1. The van der Waals surface area contributed by atoms with E-state index in [-0.39, 0.29) is 72.9 Å². The molecular formula is C57H78N12O16. The molecule has 9 amide bonds. The number of aliphatic hydroxyl groups is 2. The summed E-state index contributed by atoms with van der Waals surface area (Å²) in [5, 5.41) is 49.7. The lowest BCUT2D eigenvalue weighted by atomic mass is 9.77. The number of esters is 1. The molecule has 0 fully saturated rings. The lowest BCUT2D eigenvalue weighted by molar-refractivity contribution is -0.138. The number of hydrogen-bond donors (Lipinski definition) is 15. The molecule has 0 bridgehead atoms. The lowest BCUT2D eigenvalue weighted by Crippen LogP contribution is -2.61. The monoisotopic (exact) mass is 1190 g/mol. The van der Waals surface area contributed by atoms with Crippen LogP contribution in [0.25, 0.3) is 0 Å². The number of anilines is 2. The van der Waals surface area contributed by atoms with E-state index in [0.29, 0.717) is 36.1 Å². The van der Waals surface area contributed by atoms with Crippen molar-refractivity contribution in [1.82, 2.24) is 31.9 Å². The standard InChI is InChI=1S/C57H78N12O16/c1-27(2)23-40(66-53(79)46(28(3)4)68-48(74)29(5)62-52(78)41(26-70)67-54(80)47(30(6)71)69-49(75)37(59)13-9-10-22-58)51(77)65-39(19-20-44(61)72)50(76)64-32-15-17-36-43(25-32)84-42-24-31(63-45(73)21-18-38(60)55(81)82)14-16-35(42)57(36)34-12-8-7-11-33(34)56(83)85-57/h7-8,11-12,14-17,24-25,27-30,37-41,46-47,70-71H,9-10,13,18-23,26,58-60H2,1-6H3,(H2,61,72)(H,62,78)(H,63,73)(H,64,76)(H,65,77)(H,66,79)(H,67,80)(H,68,74)(H,69,75)(H,81,82)/t29-,30?,37-,38-,39-,40-,41-,46-,47-,57?/m0/s1. The fourth-order valence-corrected chi connectivity index (χ4v) is 9.44. The van der Waals surface area contributed by atoms with E-state index in [2.05, 4.69) is 42.5 Å². The SMILES string of the molecule is CC(C)C[C@H](NC(=O)[C@@H](NC(=O)[C@H](C)NC(=O)[C@H](CO)NC(=O)[C@@H](NC(=O)[C@@H](N)CCCCN)C(C)O)C(C)C)C(=O)N[C@@H](CCC(N)=O)C(=O)Nc1ccc2c(c1)Oc1cc(NC(=O)CC[C@H](N)C(=O)O)ccc1C21OC(=O)c2ccccc21. The Morgan fingerprint density at radius 1 is 0.600 bits per heavy atom. The number of carboxylic acid groups (broad SMARTS) is 1. The van der Waals surface area contributed by atoms with Gasteiger partial charge in [-0.2, -0.15) is 0 Å². The minimum absolute atomic E-state index is 0.0196. The van der Waals surface area contributed by atoms with E-state index in [4.69, 9.17) is 37.5 Å². The van der Waals surface area contributed by atoms with Crippen LogP contribution in [0.5, 0.6) is 11.5 Å². The normalized spacial score (nSPS) is 17.0. The van der Waals surface area contributed by atoms with Gasteiger partial charge in [0.1, 0.15) is 53.8 Å². The molecule has 0 saturated heterocycles. The Morgan fingerprint density at radius 2 is 1.18 bits per heavy atom. The number of aliphatic carboxylic acids is 1. The predicted molar refractivity (Wildman–Crippen MR) is 306 cm³/mol. The molecule has 0 aromatic heterocycles. The first-order valence-electron chi connectivity index (χ1n) is 27.9. The highest BCUT2D eigenvalue weighted by Crippen LogP contribution is 2.56. The Balaban J connectivity index is 1.30. The second-order valence-corrected chi connectivity index (χ2v) is 21.7. The smallest absolute Gasteiger partial charge is 0.340 e. The van der Waals surface area contributed by atoms with Crippen molar-refractivity contribution in [2.75, 3.05) is 23.8 Å². The minimum atomic E-state index is -1.67. The molecule has 5 rings (SSSR count). The quantitative estimate of drug-likeness (QED) is 0.0273. The van der Waals surface area contributed by atoms with Gasteiger partial charge in [-0.25, -0.2) is 4.79 Å². The summed E-state index contributed by atoms with van der Waals surface area (Å²) >= 11 is 0. The third-order valence-electron chi connectivity index (χ3n) is 14.1. The maximum Gasteiger partial charge on any atom is 0.340 e. The fourth-order valence-electron chi connectivity index (χ4n) is 9.44. The molecule has 1 spiro atoms. The fraction of sp³-hybridized carbons (Fsp3) is 0.491. The Morgan fingerprint density at radius 3 is 1.75 bits per heavy atom. The number of carbonyl (C=O) groups excluding carboxylic acids is 10. The van der Waals surface area contributed by atoms with Crippen LogP contribution in [0, 0.1) is 11.8 Å². The van der Waals surface area contributed by atoms with Crippen molar-refractivity contribution in [2.45, 2.75) is 153 Å². The first-order chi connectivity index (χ1) is 40.1. The number of carboxylic acids is 1. The summed E-state index contributed by atoms with van der Waals surface area (Å²) in [5.41, 5.74) is 22.8. The zero-order chi connectivity index (χ0) is 63.0. The second kappa shape index (κ2) is 30.3. The molecule has 0 aliphatic carbocycles. The van der Waals surface area contributed by atoms with Gasteiger partial charge in [-0.3, -0.25) is 47.9 Å². The summed E-state index contributed by atoms with van der Waals surface area (Å²) in [6.07, 6.45) is -1.07. The predicted octanol–water partition coefficient (Wildman–Crippen LogP) is -0.951. The summed E-state index contributed by atoms with van der Waals surface area (Å²) < 4.78 is 12.6. The number of benzene rings is 3. The molecule has 28 nitrogen and oxygen atoms in total. The number of nitrogens with one attached hydrogen (secondary N) is 8. The van der Waals surface area contributed by atoms with Gasteiger partial charge in [0, 0.05) is 53.0 Å². The number of fused-ring (bicyclic) bond motifs is 6. The highest BCUT2D eigenvalue weighted by Gasteiger charge is 2.53. The number of carbonyl (C=O) groups is 11. The molecule has 2 aliphatic heterocycles. The van der Waals surface area contributed by atoms with Crippen LogP contribution in [0.3, 0.4) is 0 Å². The number of unbranched alkanes of at least 4 members (excludes halogenated alkanes) is 1. The number of ether oxygens (including phenoxy) is 2. The van der Waals surface area contributed by atoms with E-state index in [9.17, 15) is 63.0 Å². The first-order valence-corrected chi connectivity index (χ1v) is 27.9. The van der Waals surface area contributed by atoms with Gasteiger partial charge in [-0.1, -0.05) is 52.3 Å². The summed E-state index contributed by atoms with van der Waals surface area (Å²) in [6.45, 7) is 8.63. The molecule has 2 aliphatic rings. The molecule has 0 saturated carbocycles. The number of hydrogen-bond acceptors (Lipinski definition) is 18. The topological polar surface area (TPSA) is 467 Å². The first kappa shape index (κ1) is 67.2. The summed E-state index contributed by atoms with van der Waals surface area (Å²) in [4.78, 5) is 145. The number of primary amides is 1. The van der Waals surface area contributed by atoms with Gasteiger partial charge >= 0.3 is 11.9 Å². The average molecular weight is 1190 g/mol. The number of rotatable bonds is 31. The van der Waals surface area contributed by atoms with Gasteiger partial charge in [0.15, 0.2) is 5.60 Å². The van der Waals surface area contributed by atoms with Gasteiger partial charge in [-0.05, 0) is 94.7 Å². The lowest BCUT2D eigenvalue weighted by Gasteiger charge is -2.37. The Bertz CT molecular complexity index is 2990. The molecular weight excluding hydrogens is 1110 g/mol. The molecule has 10 atom stereocenters. The van der Waals surface area contributed by atoms with Gasteiger partial charge in [0.05, 0.1) is 24.3 Å². The van der Waals surface area contributed by atoms with Crippen LogP contribution in [0.2, 0.25) is 0 Å². The molecule has 2 unspecified atom stereocenters. The highest BCUT2D eigenvalue weighted by molar-refractivity contribution is 6.01. The number of nitrogens with two attached hydrogens (primary N) is 4. The Kier molecular flexibility index (Phi) is 24.0. The zero-order valence-electron chi connectivity index (χ0n) is 48.2. The maximum atomic E-state index is 14.3. The molecule has 2 heterocycles. The Labute approximate surface area is 490 Å². The van der Waals surface area contributed by atoms with Crippen LogP contribution in [0.4, 0.5) is 11.4 Å². The number of aliphatic hydroxyl groups excluding tert-OH is 2. The Hall–Kier alpha value is -8.57. The number of amides is 9. The van der Waals surface area contributed by atoms with Crippen LogP contribution in [0.1, 0.15) is 120 Å². The molecule has 462 valence electrons. The van der Waals surface area contributed by atoms with E-state index in [1.54, 1.807) is 70.2 Å². The van der Waals surface area contributed by atoms with E-state index in [1.807, 2.05) is 0 Å². The molecule has 19 N–H and O–H groups in total. The zero-order valence-corrected chi connectivity index (χ0v) is 48.2. The molecule has 85 heavy (non-hydrogen) atoms. The third-order valence-corrected chi connectivity index (χ3v) is 14.1. The summed E-state index contributed by atoms with van der Waals surface area (Å²) in [7, 11) is 0. The van der Waals surface area contributed by atoms with E-state index in [0.717, 1.165) is 0 Å². The van der Waals surface area contributed by atoms with Crippen LogP contribution < -0.4 is 70.2 Å². The van der Waals surface area contributed by atoms with E-state index in [1.165, 1.54) is 32.0 Å². The molecule has 3 aromatic rings. The van der Waals surface area contributed by atoms with Crippen LogP contribution in [0.15, 0.2) is 60.7 Å². The molecule has 3 aromatic carbocycles. The minimum Gasteiger partial charge on any atom is -0.480 e. The second-order valence-electron chi connectivity index (χ2n) is 21.7. The van der Waals surface area contributed by atoms with Gasteiger partial charge in [0.25, 0.3) is 0 Å². The van der Waals surface area contributed by atoms with Crippen molar-refractivity contribution in [3.63, 3.8) is 0 Å². The van der Waals surface area contributed by atoms with E-state index >= 15 is 0 Å². The van der Waals surface area contributed by atoms with Crippen molar-refractivity contribution in [2.24, 2.45) is 34.8 Å². The van der Waals surface area contributed by atoms with Crippen molar-refractivity contribution < 1.29 is 77.5 Å². The van der Waals surface area contributed by atoms with Crippen LogP contribution >= 0.6 is 0 Å². The maximum absolute atomic E-state index is 14.3. The average Bonchev–Trinajstić information content (AvgIpc) is 1.69. The van der Waals surface area contributed by atoms with Crippen molar-refractivity contribution >= 4 is 76.5 Å². The van der Waals surface area contributed by atoms with Crippen molar-refractivity contribution in [3.8, 4) is 11.5 Å². The van der Waals surface area contributed by atoms with Gasteiger partial charge in [0.2, 0.25) is 53.2 Å². The summed E-state index contributed by atoms with van der Waals surface area (Å²) in [6, 6.07) is 4.87. The van der Waals surface area contributed by atoms with Crippen LogP contribution in [-0.4, -0.2) is 148 Å². The largest absolute Gasteiger partial charge is 0.480 e. The van der Waals surface area contributed by atoms with Gasteiger partial charge < -0.3 is 90.3 Å². The van der Waals surface area contributed by atoms with Gasteiger partial charge in [-0.15, -0.1) is 0 Å². The van der Waals surface area contributed by atoms with Crippen molar-refractivity contribution in [1.29, 1.82) is 0 Å². The molecule has 28 heteroatoms. The highest BCUT2D eigenvalue weighted by atomic mass is 16.6. The van der Waals surface area contributed by atoms with Crippen molar-refractivity contribution in [3.05, 3.63) is 82.9 Å². The van der Waals surface area contributed by atoms with E-state index < -0.39 is 138 Å². The molecule has 0 radical (unpaired) electrons.